The number of nitrogens with two attached hydrogens (primary N) is 1. The molecule has 3 saturated heterocycles. The standard InChI is InChI=1S/C81H128N10O20S/c1-9-48(4)38-49(5)19-15-12-10-11-13-18-22-58(95)41-56-43-67(101)74(84-34-31-82)89-79(109)71-64(98)29-35-90(71)81(111)70(88-78(108)60(73(104)72(103)53-23-25-57(94)26-24-53)45-66(100)62-44-59(96)46-91(62)80(110)69(51(7)93)87-77(56)107)63(97)27-32-83-68(102)28-33-85-75(105)55(40-52-20-16-14-17-21-52)42-65(99)61(37-47(2)3)86-76(106)54(30-36-112-8)39-50(6)92/h14,16-17,20-21,23-26,47-49,51,54-56,59-64,67,69-74,84,93-94,96-98,101,103-104H,9-13,15,18-19,22,27-46,82H2,1-8H3,(H,83,102)(H,85,105)(H,86,106)(H,87,107)(H,88,108)(H,89,109)/t48-,49+,51+,54+,55+,56-,59+,60-,61-,62-,63+,64-,67+,69-,70-,71-,72-,73-,74-/m0/s1. The number of carbonyl (C=O) groups excluding carboxylic acids is 12. The Balaban J connectivity index is 1.45. The molecule has 5 rings (SSSR count). The summed E-state index contributed by atoms with van der Waals surface area (Å²) in [7, 11) is 0. The third kappa shape index (κ3) is 31.1. The van der Waals surface area contributed by atoms with Crippen LogP contribution in [0.4, 0.5) is 0 Å². The number of thioether (sulfide) groups is 1. The van der Waals surface area contributed by atoms with Crippen molar-refractivity contribution in [2.75, 3.05) is 51.3 Å². The Kier molecular flexibility index (Phi) is 41.5. The number of rotatable bonds is 43. The molecule has 0 spiro atoms. The van der Waals surface area contributed by atoms with E-state index in [1.165, 1.54) is 44.2 Å². The number of ketones is 4. The number of phenolic OH excluding ortho intramolecular Hbond substituents is 1. The first-order valence-corrected chi connectivity index (χ1v) is 41.5. The van der Waals surface area contributed by atoms with E-state index in [9.17, 15) is 88.8 Å². The van der Waals surface area contributed by atoms with Gasteiger partial charge in [-0.1, -0.05) is 122 Å². The molecule has 31 heteroatoms. The molecule has 19 atom stereocenters. The van der Waals surface area contributed by atoms with Crippen LogP contribution < -0.4 is 43.0 Å². The Morgan fingerprint density at radius 3 is 1.98 bits per heavy atom. The molecule has 0 radical (unpaired) electrons. The first-order chi connectivity index (χ1) is 53.2. The molecular weight excluding hydrogens is 1470 g/mol. The van der Waals surface area contributed by atoms with Crippen molar-refractivity contribution in [1.29, 1.82) is 0 Å². The number of hydrogen-bond donors (Lipinski definition) is 16. The third-order valence-corrected chi connectivity index (χ3v) is 22.2. The molecule has 2 aromatic rings. The van der Waals surface area contributed by atoms with Crippen LogP contribution in [0.2, 0.25) is 0 Å². The van der Waals surface area contributed by atoms with Crippen LogP contribution in [-0.4, -0.2) is 245 Å². The average molecular weight is 1590 g/mol. The number of benzene rings is 2. The quantitative estimate of drug-likeness (QED) is 0.0423. The van der Waals surface area contributed by atoms with Crippen molar-refractivity contribution in [2.45, 2.75) is 269 Å². The van der Waals surface area contributed by atoms with Gasteiger partial charge in [0.2, 0.25) is 47.3 Å². The topological polar surface area (TPSA) is 483 Å². The van der Waals surface area contributed by atoms with Gasteiger partial charge in [-0.2, -0.15) is 11.8 Å². The van der Waals surface area contributed by atoms with Crippen molar-refractivity contribution in [3.8, 4) is 5.75 Å². The summed E-state index contributed by atoms with van der Waals surface area (Å²) in [6, 6.07) is 5.08. The third-order valence-electron chi connectivity index (χ3n) is 21.6. The highest BCUT2D eigenvalue weighted by atomic mass is 32.2. The number of carbonyl (C=O) groups is 12. The van der Waals surface area contributed by atoms with Gasteiger partial charge in [-0.05, 0) is 118 Å². The fourth-order valence-corrected chi connectivity index (χ4v) is 15.5. The lowest BCUT2D eigenvalue weighted by molar-refractivity contribution is -0.149. The van der Waals surface area contributed by atoms with Gasteiger partial charge >= 0.3 is 0 Å². The summed E-state index contributed by atoms with van der Waals surface area (Å²) in [6.07, 6.45) is -7.40. The Bertz CT molecular complexity index is 3360. The number of aliphatic hydroxyl groups excluding tert-OH is 7. The lowest BCUT2D eigenvalue weighted by Crippen LogP contribution is -2.63. The van der Waals surface area contributed by atoms with Crippen molar-refractivity contribution < 1.29 is 98.4 Å². The second-order valence-corrected chi connectivity index (χ2v) is 32.6. The lowest BCUT2D eigenvalue weighted by atomic mass is 9.86. The first kappa shape index (κ1) is 95.3. The first-order valence-electron chi connectivity index (χ1n) is 40.1. The molecule has 2 aromatic carbocycles. The predicted molar refractivity (Wildman–Crippen MR) is 421 cm³/mol. The smallest absolute Gasteiger partial charge is 0.248 e. The maximum Gasteiger partial charge on any atom is 0.248 e. The van der Waals surface area contributed by atoms with Crippen LogP contribution in [0, 0.1) is 41.4 Å². The molecule has 8 amide bonds. The Hall–Kier alpha value is -7.33. The normalized spacial score (nSPS) is 24.2. The molecule has 0 unspecified atom stereocenters. The van der Waals surface area contributed by atoms with E-state index in [4.69, 9.17) is 5.73 Å². The van der Waals surface area contributed by atoms with Crippen molar-refractivity contribution >= 4 is 82.2 Å². The lowest BCUT2D eigenvalue weighted by Gasteiger charge is -2.35. The van der Waals surface area contributed by atoms with Gasteiger partial charge in [0.15, 0.2) is 11.6 Å². The van der Waals surface area contributed by atoms with Crippen molar-refractivity contribution in [1.82, 2.24) is 47.0 Å². The molecule has 3 fully saturated rings. The molecular formula is C81H128N10O20S. The van der Waals surface area contributed by atoms with E-state index in [-0.39, 0.29) is 93.4 Å². The number of Topliss-reactive ketones (excluding diaryl/α,β-unsaturated/α-hetero) is 4. The van der Waals surface area contributed by atoms with E-state index >= 15 is 9.59 Å². The average Bonchev–Trinajstić information content (AvgIpc) is 1.60. The number of nitrogens with one attached hydrogen (secondary N) is 7. The van der Waals surface area contributed by atoms with Crippen LogP contribution in [0.3, 0.4) is 0 Å². The van der Waals surface area contributed by atoms with Gasteiger partial charge in [-0.3, -0.25) is 58.1 Å². The van der Waals surface area contributed by atoms with Gasteiger partial charge in [0, 0.05) is 102 Å². The fourth-order valence-electron chi connectivity index (χ4n) is 15.0. The molecule has 0 saturated carbocycles. The number of amides is 8. The SMILES string of the molecule is CC[C@H](C)C[C@H](C)CCCCCCCCC(=O)C[C@H]1C[C@@H](O)[C@@H](NCCN)NC(=O)[C@@H]2[C@@H](O)CCN2C(=O)[C@H]([C@H](O)CCNC(=O)CCNC(=O)[C@@H](CC(=O)[C@H](CC(C)C)NC(=O)[C@H](CCSC)CC(C)=O)Cc2ccccc2)NC(=O)[C@H]([C@H](O)[C@@H](O)c2ccc(O)cc2)CC(=O)[C@@H]2C[C@@H](O)CN2C(=O)[C@H]([C@@H](C)O)NC1=O. The summed E-state index contributed by atoms with van der Waals surface area (Å²) in [6.45, 7) is 11.2. The number of aliphatic hydroxyl groups is 7. The monoisotopic (exact) mass is 1590 g/mol. The summed E-state index contributed by atoms with van der Waals surface area (Å²) in [5.74, 6) is -13.2. The Labute approximate surface area is 663 Å². The molecule has 0 aromatic heterocycles. The number of fused-ring (bicyclic) bond motifs is 2. The molecule has 628 valence electrons. The van der Waals surface area contributed by atoms with Gasteiger partial charge < -0.3 is 93.1 Å². The molecule has 30 nitrogen and oxygen atoms in total. The van der Waals surface area contributed by atoms with Crippen LogP contribution in [-0.2, 0) is 64.0 Å². The van der Waals surface area contributed by atoms with Gasteiger partial charge in [0.25, 0.3) is 0 Å². The summed E-state index contributed by atoms with van der Waals surface area (Å²) in [4.78, 5) is 173. The highest BCUT2D eigenvalue weighted by molar-refractivity contribution is 7.98. The van der Waals surface area contributed by atoms with Crippen LogP contribution in [0.15, 0.2) is 54.6 Å². The minimum absolute atomic E-state index is 0.00376. The highest BCUT2D eigenvalue weighted by Gasteiger charge is 2.49. The predicted octanol–water partition coefficient (Wildman–Crippen LogP) is 2.23. The summed E-state index contributed by atoms with van der Waals surface area (Å²) in [5, 5.41) is 111. The Morgan fingerprint density at radius 2 is 1.34 bits per heavy atom. The van der Waals surface area contributed by atoms with E-state index in [2.05, 4.69) is 58.0 Å². The molecule has 3 aliphatic rings. The molecule has 112 heavy (non-hydrogen) atoms. The zero-order valence-electron chi connectivity index (χ0n) is 66.6. The van der Waals surface area contributed by atoms with Crippen LogP contribution >= 0.6 is 11.8 Å². The van der Waals surface area contributed by atoms with Crippen molar-refractivity contribution in [3.05, 3.63) is 65.7 Å². The van der Waals surface area contributed by atoms with E-state index in [0.29, 0.717) is 36.9 Å². The van der Waals surface area contributed by atoms with E-state index in [0.717, 1.165) is 66.0 Å². The van der Waals surface area contributed by atoms with Crippen molar-refractivity contribution in [2.24, 2.45) is 47.2 Å². The highest BCUT2D eigenvalue weighted by Crippen LogP contribution is 2.32. The maximum atomic E-state index is 15.4. The second kappa shape index (κ2) is 48.8. The summed E-state index contributed by atoms with van der Waals surface area (Å²) >= 11 is 1.52. The molecule has 0 aliphatic carbocycles. The molecule has 0 bridgehead atoms. The number of aromatic hydroxyl groups is 1. The number of hydrogen-bond acceptors (Lipinski definition) is 23. The molecule has 17 N–H and O–H groups in total. The van der Waals surface area contributed by atoms with Gasteiger partial charge in [-0.15, -0.1) is 0 Å². The minimum atomic E-state index is -2.29. The van der Waals surface area contributed by atoms with Gasteiger partial charge in [0.05, 0.1) is 54.6 Å². The van der Waals surface area contributed by atoms with E-state index in [1.54, 1.807) is 30.3 Å². The summed E-state index contributed by atoms with van der Waals surface area (Å²) < 4.78 is 0. The van der Waals surface area contributed by atoms with E-state index in [1.807, 2.05) is 20.1 Å². The zero-order chi connectivity index (χ0) is 82.9. The zero-order valence-corrected chi connectivity index (χ0v) is 67.4. The van der Waals surface area contributed by atoms with Crippen LogP contribution in [0.25, 0.3) is 0 Å². The summed E-state index contributed by atoms with van der Waals surface area (Å²) in [5.41, 5.74) is 6.54. The molecule has 3 aliphatic heterocycles. The maximum absolute atomic E-state index is 15.4. The minimum Gasteiger partial charge on any atom is -0.508 e. The second-order valence-electron chi connectivity index (χ2n) is 31.6. The van der Waals surface area contributed by atoms with Gasteiger partial charge in [-0.25, -0.2) is 0 Å². The fraction of sp³-hybridized carbons (Fsp3) is 0.704. The number of phenols is 1. The van der Waals surface area contributed by atoms with Crippen molar-refractivity contribution in [3.63, 3.8) is 0 Å². The Morgan fingerprint density at radius 1 is 0.679 bits per heavy atom. The molecule has 3 heterocycles. The van der Waals surface area contributed by atoms with Crippen LogP contribution in [0.5, 0.6) is 5.75 Å². The number of unbranched alkanes of at least 4 members (excludes halogenated alkanes) is 5. The largest absolute Gasteiger partial charge is 0.508 e. The number of nitrogens with zero attached hydrogens (tertiary/aromatic N) is 2. The van der Waals surface area contributed by atoms with E-state index < -0.39 is 213 Å². The van der Waals surface area contributed by atoms with Gasteiger partial charge in [0.1, 0.15) is 47.7 Å². The van der Waals surface area contributed by atoms with Crippen LogP contribution in [0.1, 0.15) is 201 Å².